The van der Waals surface area contributed by atoms with Crippen molar-refractivity contribution < 1.29 is 4.79 Å². The molecular weight excluding hydrogens is 303 g/mol. The van der Waals surface area contributed by atoms with E-state index in [4.69, 9.17) is 0 Å². The van der Waals surface area contributed by atoms with Gasteiger partial charge in [-0.15, -0.1) is 0 Å². The van der Waals surface area contributed by atoms with E-state index in [1.54, 1.807) is 0 Å². The van der Waals surface area contributed by atoms with E-state index >= 15 is 0 Å². The van der Waals surface area contributed by atoms with Crippen LogP contribution in [0.4, 0.5) is 5.69 Å². The topological polar surface area (TPSA) is 41.1 Å². The first-order valence-corrected chi connectivity index (χ1v) is 6.06. The molecule has 0 fully saturated rings. The largest absolute Gasteiger partial charge is 0.326 e. The molecule has 0 aliphatic carbocycles. The zero-order chi connectivity index (χ0) is 11.1. The maximum atomic E-state index is 11.4. The van der Waals surface area contributed by atoms with Gasteiger partial charge in [0, 0.05) is 22.2 Å². The second kappa shape index (κ2) is 6.79. The first-order chi connectivity index (χ1) is 7.22. The molecule has 1 amide bonds. The number of anilines is 1. The summed E-state index contributed by atoms with van der Waals surface area (Å²) in [5, 5.41) is 5.96. The molecule has 15 heavy (non-hydrogen) atoms. The summed E-state index contributed by atoms with van der Waals surface area (Å²) in [7, 11) is 0. The third-order valence-electron chi connectivity index (χ3n) is 1.91. The van der Waals surface area contributed by atoms with Gasteiger partial charge in [-0.3, -0.25) is 4.79 Å². The summed E-state index contributed by atoms with van der Waals surface area (Å²) < 4.78 is 1.17. The predicted octanol–water partition coefficient (Wildman–Crippen LogP) is 2.23. The van der Waals surface area contributed by atoms with Crippen LogP contribution in [-0.2, 0) is 4.79 Å². The molecule has 0 heterocycles. The van der Waals surface area contributed by atoms with Crippen molar-refractivity contribution in [2.24, 2.45) is 0 Å². The molecule has 0 saturated heterocycles. The SMILES string of the molecule is CCNCCC(=O)Nc1ccc(I)cc1. The summed E-state index contributed by atoms with van der Waals surface area (Å²) in [4.78, 5) is 11.4. The number of carbonyl (C=O) groups excluding carboxylic acids is 1. The summed E-state index contributed by atoms with van der Waals surface area (Å²) in [6.45, 7) is 3.65. The number of rotatable bonds is 5. The van der Waals surface area contributed by atoms with Crippen LogP contribution in [0.3, 0.4) is 0 Å². The Hall–Kier alpha value is -0.620. The van der Waals surface area contributed by atoms with Gasteiger partial charge in [-0.1, -0.05) is 6.92 Å². The zero-order valence-electron chi connectivity index (χ0n) is 8.72. The average Bonchev–Trinajstić information content (AvgIpc) is 2.22. The Kier molecular flexibility index (Phi) is 5.63. The van der Waals surface area contributed by atoms with Gasteiger partial charge in [-0.05, 0) is 53.4 Å². The summed E-state index contributed by atoms with van der Waals surface area (Å²) >= 11 is 2.24. The fraction of sp³-hybridized carbons (Fsp3) is 0.364. The third kappa shape index (κ3) is 5.13. The molecule has 0 spiro atoms. The van der Waals surface area contributed by atoms with Crippen molar-refractivity contribution in [1.29, 1.82) is 0 Å². The minimum Gasteiger partial charge on any atom is -0.326 e. The molecular formula is C11H15IN2O. The fourth-order valence-electron chi connectivity index (χ4n) is 1.14. The molecule has 0 radical (unpaired) electrons. The number of nitrogens with one attached hydrogen (secondary N) is 2. The van der Waals surface area contributed by atoms with E-state index in [2.05, 4.69) is 33.2 Å². The number of halogens is 1. The lowest BCUT2D eigenvalue weighted by molar-refractivity contribution is -0.116. The maximum absolute atomic E-state index is 11.4. The van der Waals surface area contributed by atoms with Gasteiger partial charge in [0.15, 0.2) is 0 Å². The van der Waals surface area contributed by atoms with Gasteiger partial charge in [0.1, 0.15) is 0 Å². The average molecular weight is 318 g/mol. The number of benzene rings is 1. The standard InChI is InChI=1S/C11H15IN2O/c1-2-13-8-7-11(15)14-10-5-3-9(12)4-6-10/h3-6,13H,2,7-8H2,1H3,(H,14,15). The van der Waals surface area contributed by atoms with E-state index in [1.807, 2.05) is 31.2 Å². The Balaban J connectivity index is 2.34. The summed E-state index contributed by atoms with van der Waals surface area (Å²) in [5.41, 5.74) is 0.858. The predicted molar refractivity (Wildman–Crippen MR) is 70.9 cm³/mol. The molecule has 0 aromatic heterocycles. The van der Waals surface area contributed by atoms with E-state index in [0.717, 1.165) is 18.8 Å². The minimum atomic E-state index is 0.0529. The molecule has 0 atom stereocenters. The zero-order valence-corrected chi connectivity index (χ0v) is 10.9. The highest BCUT2D eigenvalue weighted by Crippen LogP contribution is 2.11. The van der Waals surface area contributed by atoms with Crippen LogP contribution in [-0.4, -0.2) is 19.0 Å². The van der Waals surface area contributed by atoms with Crippen LogP contribution in [0.5, 0.6) is 0 Å². The Bertz CT molecular complexity index is 311. The lowest BCUT2D eigenvalue weighted by Crippen LogP contribution is -2.21. The fourth-order valence-corrected chi connectivity index (χ4v) is 1.49. The number of amides is 1. The number of hydrogen-bond donors (Lipinski definition) is 2. The lowest BCUT2D eigenvalue weighted by Gasteiger charge is -2.05. The monoisotopic (exact) mass is 318 g/mol. The van der Waals surface area contributed by atoms with E-state index in [9.17, 15) is 4.79 Å². The lowest BCUT2D eigenvalue weighted by atomic mass is 10.3. The maximum Gasteiger partial charge on any atom is 0.225 e. The minimum absolute atomic E-state index is 0.0529. The Morgan fingerprint density at radius 3 is 2.60 bits per heavy atom. The molecule has 1 aromatic rings. The highest BCUT2D eigenvalue weighted by Gasteiger charge is 2.00. The first-order valence-electron chi connectivity index (χ1n) is 4.98. The van der Waals surface area contributed by atoms with Crippen molar-refractivity contribution in [3.8, 4) is 0 Å². The second-order valence-corrected chi connectivity index (χ2v) is 4.40. The first kappa shape index (κ1) is 12.4. The van der Waals surface area contributed by atoms with Crippen LogP contribution in [0, 0.1) is 3.57 Å². The summed E-state index contributed by atoms with van der Waals surface area (Å²) in [6, 6.07) is 7.76. The van der Waals surface area contributed by atoms with Gasteiger partial charge in [0.05, 0.1) is 0 Å². The van der Waals surface area contributed by atoms with E-state index in [1.165, 1.54) is 3.57 Å². The van der Waals surface area contributed by atoms with Crippen LogP contribution in [0.15, 0.2) is 24.3 Å². The van der Waals surface area contributed by atoms with Gasteiger partial charge >= 0.3 is 0 Å². The van der Waals surface area contributed by atoms with Crippen molar-refractivity contribution >= 4 is 34.2 Å². The third-order valence-corrected chi connectivity index (χ3v) is 2.63. The second-order valence-electron chi connectivity index (χ2n) is 3.16. The molecule has 1 rings (SSSR count). The van der Waals surface area contributed by atoms with Crippen LogP contribution in [0.1, 0.15) is 13.3 Å². The van der Waals surface area contributed by atoms with Crippen LogP contribution >= 0.6 is 22.6 Å². The van der Waals surface area contributed by atoms with Crippen molar-refractivity contribution in [2.75, 3.05) is 18.4 Å². The highest BCUT2D eigenvalue weighted by atomic mass is 127. The van der Waals surface area contributed by atoms with Crippen molar-refractivity contribution in [2.45, 2.75) is 13.3 Å². The Morgan fingerprint density at radius 2 is 2.00 bits per heavy atom. The van der Waals surface area contributed by atoms with Gasteiger partial charge in [0.25, 0.3) is 0 Å². The number of carbonyl (C=O) groups is 1. The van der Waals surface area contributed by atoms with Crippen molar-refractivity contribution in [3.63, 3.8) is 0 Å². The van der Waals surface area contributed by atoms with Crippen LogP contribution in [0.25, 0.3) is 0 Å². The van der Waals surface area contributed by atoms with Crippen LogP contribution < -0.4 is 10.6 Å². The van der Waals surface area contributed by atoms with Gasteiger partial charge < -0.3 is 10.6 Å². The molecule has 0 aliphatic rings. The normalized spacial score (nSPS) is 10.0. The molecule has 2 N–H and O–H groups in total. The van der Waals surface area contributed by atoms with Crippen molar-refractivity contribution in [3.05, 3.63) is 27.8 Å². The van der Waals surface area contributed by atoms with Gasteiger partial charge in [0.2, 0.25) is 5.91 Å². The number of hydrogen-bond acceptors (Lipinski definition) is 2. The quantitative estimate of drug-likeness (QED) is 0.646. The molecule has 0 unspecified atom stereocenters. The molecule has 1 aromatic carbocycles. The Morgan fingerprint density at radius 1 is 1.33 bits per heavy atom. The molecule has 0 bridgehead atoms. The summed E-state index contributed by atoms with van der Waals surface area (Å²) in [5.74, 6) is 0.0529. The van der Waals surface area contributed by atoms with Crippen molar-refractivity contribution in [1.82, 2.24) is 5.32 Å². The summed E-state index contributed by atoms with van der Waals surface area (Å²) in [6.07, 6.45) is 0.514. The van der Waals surface area contributed by atoms with E-state index in [-0.39, 0.29) is 5.91 Å². The van der Waals surface area contributed by atoms with Crippen LogP contribution in [0.2, 0.25) is 0 Å². The highest BCUT2D eigenvalue weighted by molar-refractivity contribution is 14.1. The van der Waals surface area contributed by atoms with E-state index in [0.29, 0.717) is 6.42 Å². The smallest absolute Gasteiger partial charge is 0.225 e. The molecule has 82 valence electrons. The Labute approximate surface area is 104 Å². The molecule has 4 heteroatoms. The molecule has 0 aliphatic heterocycles. The molecule has 0 saturated carbocycles. The molecule has 3 nitrogen and oxygen atoms in total. The van der Waals surface area contributed by atoms with E-state index < -0.39 is 0 Å². The van der Waals surface area contributed by atoms with Gasteiger partial charge in [-0.25, -0.2) is 0 Å². The van der Waals surface area contributed by atoms with Gasteiger partial charge in [-0.2, -0.15) is 0 Å².